The van der Waals surface area contributed by atoms with Crippen LogP contribution in [0.1, 0.15) is 18.4 Å². The van der Waals surface area contributed by atoms with Crippen LogP contribution in [0.2, 0.25) is 0 Å². The Labute approximate surface area is 179 Å². The maximum absolute atomic E-state index is 5.78. The number of rotatable bonds is 4. The van der Waals surface area contributed by atoms with E-state index < -0.39 is 0 Å². The third-order valence-corrected chi connectivity index (χ3v) is 6.17. The molecule has 0 aliphatic carbocycles. The summed E-state index contributed by atoms with van der Waals surface area (Å²) in [5.74, 6) is 2.56. The summed E-state index contributed by atoms with van der Waals surface area (Å²) >= 11 is 0. The minimum Gasteiger partial charge on any atom is -0.377 e. The summed E-state index contributed by atoms with van der Waals surface area (Å²) in [5.41, 5.74) is 4.12. The quantitative estimate of drug-likeness (QED) is 0.546. The lowest BCUT2D eigenvalue weighted by molar-refractivity contribution is 0.0934. The van der Waals surface area contributed by atoms with Crippen molar-refractivity contribution in [3.8, 4) is 11.4 Å². The van der Waals surface area contributed by atoms with Crippen LogP contribution in [0.5, 0.6) is 0 Å². The normalized spacial score (nSPS) is 18.3. The molecule has 8 nitrogen and oxygen atoms in total. The van der Waals surface area contributed by atoms with Crippen molar-refractivity contribution in [3.05, 3.63) is 54.2 Å². The molecule has 3 aromatic heterocycles. The minimum atomic E-state index is 0.251. The Morgan fingerprint density at radius 3 is 3.13 bits per heavy atom. The average molecular weight is 416 g/mol. The molecule has 1 aromatic carbocycles. The van der Waals surface area contributed by atoms with Crippen molar-refractivity contribution in [3.63, 3.8) is 0 Å². The molecule has 4 aromatic rings. The second-order valence-corrected chi connectivity index (χ2v) is 8.09. The Morgan fingerprint density at radius 2 is 2.23 bits per heavy atom. The highest BCUT2D eigenvalue weighted by atomic mass is 16.5. The minimum absolute atomic E-state index is 0.251. The van der Waals surface area contributed by atoms with Crippen LogP contribution >= 0.6 is 0 Å². The maximum Gasteiger partial charge on any atom is 0.162 e. The maximum atomic E-state index is 5.78. The number of anilines is 2. The van der Waals surface area contributed by atoms with Crippen LogP contribution in [-0.2, 0) is 17.7 Å². The van der Waals surface area contributed by atoms with Gasteiger partial charge >= 0.3 is 0 Å². The molecule has 1 fully saturated rings. The van der Waals surface area contributed by atoms with E-state index in [1.807, 2.05) is 24.5 Å². The van der Waals surface area contributed by atoms with Crippen LogP contribution in [0, 0.1) is 0 Å². The monoisotopic (exact) mass is 416 g/mol. The van der Waals surface area contributed by atoms with E-state index in [2.05, 4.69) is 45.1 Å². The zero-order valence-electron chi connectivity index (χ0n) is 17.4. The van der Waals surface area contributed by atoms with Crippen molar-refractivity contribution in [1.82, 2.24) is 20.1 Å². The van der Waals surface area contributed by atoms with Crippen LogP contribution in [0.25, 0.3) is 22.3 Å². The number of fused-ring (bicyclic) bond motifs is 4. The van der Waals surface area contributed by atoms with Gasteiger partial charge in [-0.05, 0) is 18.6 Å². The molecule has 1 unspecified atom stereocenters. The van der Waals surface area contributed by atoms with Crippen molar-refractivity contribution in [2.45, 2.75) is 25.9 Å². The summed E-state index contributed by atoms with van der Waals surface area (Å²) in [4.78, 5) is 17.8. The lowest BCUT2D eigenvalue weighted by Crippen LogP contribution is -2.55. The van der Waals surface area contributed by atoms with E-state index >= 15 is 0 Å². The summed E-state index contributed by atoms with van der Waals surface area (Å²) in [6.07, 6.45) is 4.77. The molecule has 1 saturated heterocycles. The largest absolute Gasteiger partial charge is 0.377 e. The molecule has 0 bridgehead atoms. The SMILES string of the molecule is CCc1cc(CN2CC3COCCN3c3nc(-c4cccc5[nH]ccc45)ncc32)on1. The van der Waals surface area contributed by atoms with Crippen LogP contribution in [-0.4, -0.2) is 52.5 Å². The molecule has 0 saturated carbocycles. The predicted molar refractivity (Wildman–Crippen MR) is 118 cm³/mol. The van der Waals surface area contributed by atoms with Crippen LogP contribution in [0.4, 0.5) is 11.5 Å². The zero-order valence-corrected chi connectivity index (χ0v) is 17.4. The van der Waals surface area contributed by atoms with Crippen molar-refractivity contribution >= 4 is 22.4 Å². The van der Waals surface area contributed by atoms with E-state index in [0.717, 1.165) is 64.8 Å². The van der Waals surface area contributed by atoms with Crippen molar-refractivity contribution in [2.24, 2.45) is 0 Å². The van der Waals surface area contributed by atoms with Gasteiger partial charge in [0.15, 0.2) is 17.4 Å². The number of nitrogens with zero attached hydrogens (tertiary/aromatic N) is 5. The number of hydrogen-bond acceptors (Lipinski definition) is 7. The molecule has 5 heterocycles. The van der Waals surface area contributed by atoms with E-state index in [0.29, 0.717) is 19.8 Å². The fourth-order valence-corrected chi connectivity index (χ4v) is 4.58. The molecule has 8 heteroatoms. The molecule has 6 rings (SSSR count). The van der Waals surface area contributed by atoms with Gasteiger partial charge in [0, 0.05) is 41.8 Å². The lowest BCUT2D eigenvalue weighted by atomic mass is 10.1. The Hall–Kier alpha value is -3.39. The Balaban J connectivity index is 1.42. The highest BCUT2D eigenvalue weighted by Gasteiger charge is 2.35. The number of aromatic nitrogens is 4. The van der Waals surface area contributed by atoms with Gasteiger partial charge < -0.3 is 24.0 Å². The molecule has 0 amide bonds. The van der Waals surface area contributed by atoms with Crippen molar-refractivity contribution < 1.29 is 9.26 Å². The van der Waals surface area contributed by atoms with Crippen LogP contribution in [0.3, 0.4) is 0 Å². The summed E-state index contributed by atoms with van der Waals surface area (Å²) in [7, 11) is 0. The number of aryl methyl sites for hydroxylation is 1. The zero-order chi connectivity index (χ0) is 20.8. The lowest BCUT2D eigenvalue weighted by Gasteiger charge is -2.45. The molecule has 0 radical (unpaired) electrons. The smallest absolute Gasteiger partial charge is 0.162 e. The van der Waals surface area contributed by atoms with Gasteiger partial charge in [0.25, 0.3) is 0 Å². The van der Waals surface area contributed by atoms with Crippen molar-refractivity contribution in [1.29, 1.82) is 0 Å². The summed E-state index contributed by atoms with van der Waals surface area (Å²) < 4.78 is 11.3. The number of aromatic amines is 1. The van der Waals surface area contributed by atoms with Gasteiger partial charge in [-0.15, -0.1) is 0 Å². The van der Waals surface area contributed by atoms with E-state index in [1.165, 1.54) is 0 Å². The Morgan fingerprint density at radius 1 is 1.26 bits per heavy atom. The number of hydrogen-bond donors (Lipinski definition) is 1. The number of nitrogens with one attached hydrogen (secondary N) is 1. The van der Waals surface area contributed by atoms with E-state index in [1.54, 1.807) is 0 Å². The number of benzene rings is 1. The standard InChI is InChI=1S/C23H24N6O2/c1-2-15-10-17(31-27-15)13-28-12-16-14-30-9-8-29(16)23-21(28)11-25-22(26-23)19-4-3-5-20-18(19)6-7-24-20/h3-7,10-11,16,24H,2,8-9,12-14H2,1H3. The fraction of sp³-hybridized carbons (Fsp3) is 0.348. The molecular weight excluding hydrogens is 392 g/mol. The summed E-state index contributed by atoms with van der Waals surface area (Å²) in [5, 5.41) is 5.27. The van der Waals surface area contributed by atoms with Crippen LogP contribution in [0.15, 0.2) is 47.2 Å². The van der Waals surface area contributed by atoms with Gasteiger partial charge in [0.2, 0.25) is 0 Å². The van der Waals surface area contributed by atoms with Crippen molar-refractivity contribution in [2.75, 3.05) is 36.1 Å². The first kappa shape index (κ1) is 18.4. The first-order valence-electron chi connectivity index (χ1n) is 10.8. The Kier molecular flexibility index (Phi) is 4.38. The second-order valence-electron chi connectivity index (χ2n) is 8.09. The Bertz CT molecular complexity index is 1230. The topological polar surface area (TPSA) is 83.3 Å². The molecular formula is C23H24N6O2. The van der Waals surface area contributed by atoms with Gasteiger partial charge in [0.05, 0.1) is 43.4 Å². The average Bonchev–Trinajstić information content (AvgIpc) is 3.48. The molecule has 2 aliphatic heterocycles. The molecule has 1 atom stereocenters. The molecule has 31 heavy (non-hydrogen) atoms. The second kappa shape index (κ2) is 7.39. The van der Waals surface area contributed by atoms with Crippen LogP contribution < -0.4 is 9.80 Å². The van der Waals surface area contributed by atoms with Gasteiger partial charge in [0.1, 0.15) is 0 Å². The molecule has 1 N–H and O–H groups in total. The van der Waals surface area contributed by atoms with E-state index in [-0.39, 0.29) is 6.04 Å². The van der Waals surface area contributed by atoms with Gasteiger partial charge in [-0.1, -0.05) is 24.2 Å². The molecule has 158 valence electrons. The van der Waals surface area contributed by atoms with Gasteiger partial charge in [-0.2, -0.15) is 0 Å². The first-order valence-corrected chi connectivity index (χ1v) is 10.8. The van der Waals surface area contributed by atoms with Gasteiger partial charge in [-0.25, -0.2) is 9.97 Å². The van der Waals surface area contributed by atoms with Gasteiger partial charge in [-0.3, -0.25) is 0 Å². The summed E-state index contributed by atoms with van der Waals surface area (Å²) in [6, 6.07) is 10.5. The van der Waals surface area contributed by atoms with E-state index in [9.17, 15) is 0 Å². The number of ether oxygens (including phenoxy) is 1. The first-order chi connectivity index (χ1) is 15.3. The fourth-order valence-electron chi connectivity index (χ4n) is 4.58. The third kappa shape index (κ3) is 3.14. The van der Waals surface area contributed by atoms with E-state index in [4.69, 9.17) is 19.2 Å². The number of morpholine rings is 1. The summed E-state index contributed by atoms with van der Waals surface area (Å²) in [6.45, 7) is 5.80. The highest BCUT2D eigenvalue weighted by molar-refractivity contribution is 5.93. The predicted octanol–water partition coefficient (Wildman–Crippen LogP) is 3.40. The highest BCUT2D eigenvalue weighted by Crippen LogP contribution is 2.37. The molecule has 0 spiro atoms. The molecule has 2 aliphatic rings. The number of H-pyrrole nitrogens is 1. The third-order valence-electron chi connectivity index (χ3n) is 6.17.